The Bertz CT molecular complexity index is 1150. The van der Waals surface area contributed by atoms with Crippen molar-refractivity contribution in [3.63, 3.8) is 0 Å². The summed E-state index contributed by atoms with van der Waals surface area (Å²) in [7, 11) is 0. The van der Waals surface area contributed by atoms with E-state index in [1.165, 1.54) is 10.4 Å². The molecule has 0 unspecified atom stereocenters. The van der Waals surface area contributed by atoms with Crippen molar-refractivity contribution in [1.82, 2.24) is 20.1 Å². The van der Waals surface area contributed by atoms with Crippen molar-refractivity contribution in [2.75, 3.05) is 6.54 Å². The molecule has 0 aliphatic carbocycles. The highest BCUT2D eigenvalue weighted by molar-refractivity contribution is 7.15. The van der Waals surface area contributed by atoms with Crippen molar-refractivity contribution < 1.29 is 4.79 Å². The van der Waals surface area contributed by atoms with Crippen LogP contribution >= 0.6 is 22.9 Å². The normalized spacial score (nSPS) is 15.1. The molecule has 0 fully saturated rings. The van der Waals surface area contributed by atoms with E-state index in [-0.39, 0.29) is 12.3 Å². The Morgan fingerprint density at radius 2 is 1.94 bits per heavy atom. The van der Waals surface area contributed by atoms with Gasteiger partial charge in [-0.2, -0.15) is 0 Å². The summed E-state index contributed by atoms with van der Waals surface area (Å²) in [6.07, 6.45) is 2.22. The van der Waals surface area contributed by atoms with Crippen molar-refractivity contribution in [2.24, 2.45) is 4.99 Å². The fraction of sp³-hybridized carbons (Fsp3) is 0.391. The Morgan fingerprint density at radius 3 is 2.65 bits per heavy atom. The Morgan fingerprint density at radius 1 is 1.19 bits per heavy atom. The quantitative estimate of drug-likeness (QED) is 0.525. The van der Waals surface area contributed by atoms with E-state index < -0.39 is 6.04 Å². The average molecular weight is 456 g/mol. The Labute approximate surface area is 191 Å². The van der Waals surface area contributed by atoms with E-state index in [4.69, 9.17) is 16.6 Å². The number of thiophene rings is 1. The number of aryl methyl sites for hydroxylation is 2. The van der Waals surface area contributed by atoms with Crippen LogP contribution in [-0.4, -0.2) is 32.9 Å². The lowest BCUT2D eigenvalue weighted by Crippen LogP contribution is -2.26. The molecule has 0 radical (unpaired) electrons. The molecule has 1 aromatic carbocycles. The van der Waals surface area contributed by atoms with Crippen LogP contribution in [0.4, 0.5) is 0 Å². The van der Waals surface area contributed by atoms with Gasteiger partial charge in [0, 0.05) is 27.6 Å². The van der Waals surface area contributed by atoms with Crippen LogP contribution in [0.3, 0.4) is 0 Å². The molecular formula is C23H26ClN5OS. The highest BCUT2D eigenvalue weighted by Crippen LogP contribution is 2.39. The summed E-state index contributed by atoms with van der Waals surface area (Å²) in [5.74, 6) is 1.47. The zero-order valence-electron chi connectivity index (χ0n) is 18.2. The van der Waals surface area contributed by atoms with Crippen LogP contribution in [-0.2, 0) is 4.79 Å². The maximum absolute atomic E-state index is 12.7. The third kappa shape index (κ3) is 4.16. The molecule has 162 valence electrons. The van der Waals surface area contributed by atoms with Gasteiger partial charge < -0.3 is 5.32 Å². The lowest BCUT2D eigenvalue weighted by atomic mass is 9.99. The summed E-state index contributed by atoms with van der Waals surface area (Å²) in [5, 5.41) is 13.5. The summed E-state index contributed by atoms with van der Waals surface area (Å²) in [6.45, 7) is 8.96. The number of unbranched alkanes of at least 4 members (excludes halogenated alkanes) is 1. The van der Waals surface area contributed by atoms with E-state index in [1.54, 1.807) is 11.3 Å². The van der Waals surface area contributed by atoms with E-state index in [0.717, 1.165) is 40.5 Å². The van der Waals surface area contributed by atoms with E-state index in [2.05, 4.69) is 40.9 Å². The minimum absolute atomic E-state index is 0.0250. The molecule has 0 spiro atoms. The largest absolute Gasteiger partial charge is 0.356 e. The van der Waals surface area contributed by atoms with E-state index in [0.29, 0.717) is 17.4 Å². The van der Waals surface area contributed by atoms with Gasteiger partial charge in [0.2, 0.25) is 5.91 Å². The first kappa shape index (κ1) is 21.7. The van der Waals surface area contributed by atoms with Gasteiger partial charge in [0.25, 0.3) is 0 Å². The van der Waals surface area contributed by atoms with E-state index >= 15 is 0 Å². The Kier molecular flexibility index (Phi) is 6.25. The van der Waals surface area contributed by atoms with Gasteiger partial charge in [0.1, 0.15) is 16.9 Å². The molecule has 4 rings (SSSR count). The van der Waals surface area contributed by atoms with Crippen LogP contribution in [0.1, 0.15) is 65.4 Å². The van der Waals surface area contributed by atoms with Crippen molar-refractivity contribution in [3.8, 4) is 5.00 Å². The molecule has 1 aliphatic heterocycles. The first-order valence-corrected chi connectivity index (χ1v) is 11.7. The van der Waals surface area contributed by atoms with Crippen molar-refractivity contribution >= 4 is 34.6 Å². The first-order valence-electron chi connectivity index (χ1n) is 10.5. The zero-order valence-corrected chi connectivity index (χ0v) is 19.8. The molecule has 1 atom stereocenters. The second-order valence-corrected chi connectivity index (χ2v) is 9.45. The molecular weight excluding hydrogens is 430 g/mol. The smallest absolute Gasteiger partial charge is 0.222 e. The number of amides is 1. The average Bonchev–Trinajstić information content (AvgIpc) is 3.21. The molecule has 3 aromatic rings. The minimum atomic E-state index is -0.423. The van der Waals surface area contributed by atoms with Gasteiger partial charge in [0.05, 0.1) is 12.1 Å². The number of aromatic nitrogens is 3. The highest BCUT2D eigenvalue weighted by atomic mass is 35.5. The lowest BCUT2D eigenvalue weighted by Gasteiger charge is -2.13. The number of rotatable bonds is 6. The summed E-state index contributed by atoms with van der Waals surface area (Å²) < 4.78 is 2.07. The highest BCUT2D eigenvalue weighted by Gasteiger charge is 2.32. The van der Waals surface area contributed by atoms with Gasteiger partial charge >= 0.3 is 0 Å². The van der Waals surface area contributed by atoms with Crippen LogP contribution in [0.25, 0.3) is 5.00 Å². The number of aliphatic imine (C=N–C) groups is 1. The number of carbonyl (C=O) groups excluding carboxylic acids is 1. The number of hydrogen-bond acceptors (Lipinski definition) is 5. The van der Waals surface area contributed by atoms with Gasteiger partial charge in [-0.15, -0.1) is 21.5 Å². The standard InChI is InChI=1S/C23H26ClN5OS/c1-5-6-11-25-19(30)12-18-22-28-27-15(4)29(22)23-20(13(2)14(3)31-23)21(26-18)16-7-9-17(24)10-8-16/h7-10,18H,5-6,11-12H2,1-4H3,(H,25,30)/t18-/m0/s1. The number of nitrogens with one attached hydrogen (secondary N) is 1. The maximum atomic E-state index is 12.7. The van der Waals surface area contributed by atoms with Crippen LogP contribution in [0.2, 0.25) is 5.02 Å². The molecule has 1 N–H and O–H groups in total. The fourth-order valence-corrected chi connectivity index (χ4v) is 5.12. The SMILES string of the molecule is CCCCNC(=O)C[C@@H]1N=C(c2ccc(Cl)cc2)c2c(sc(C)c2C)-n2c(C)nnc21. The Hall–Kier alpha value is -2.51. The number of nitrogens with zero attached hydrogens (tertiary/aromatic N) is 4. The number of benzene rings is 1. The fourth-order valence-electron chi connectivity index (χ4n) is 3.78. The zero-order chi connectivity index (χ0) is 22.1. The molecule has 3 heterocycles. The second kappa shape index (κ2) is 8.93. The van der Waals surface area contributed by atoms with Gasteiger partial charge in [-0.05, 0) is 44.9 Å². The number of fused-ring (bicyclic) bond motifs is 3. The van der Waals surface area contributed by atoms with E-state index in [1.807, 2.05) is 31.2 Å². The topological polar surface area (TPSA) is 72.2 Å². The first-order chi connectivity index (χ1) is 14.9. The van der Waals surface area contributed by atoms with Crippen LogP contribution < -0.4 is 5.32 Å². The molecule has 1 amide bonds. The monoisotopic (exact) mass is 455 g/mol. The Balaban J connectivity index is 1.85. The third-order valence-electron chi connectivity index (χ3n) is 5.59. The van der Waals surface area contributed by atoms with E-state index in [9.17, 15) is 4.79 Å². The van der Waals surface area contributed by atoms with Crippen LogP contribution in [0.15, 0.2) is 29.3 Å². The van der Waals surface area contributed by atoms with Crippen LogP contribution in [0.5, 0.6) is 0 Å². The van der Waals surface area contributed by atoms with Crippen molar-refractivity contribution in [3.05, 3.63) is 62.5 Å². The molecule has 0 bridgehead atoms. The molecule has 0 saturated carbocycles. The predicted molar refractivity (Wildman–Crippen MR) is 126 cm³/mol. The number of halogens is 1. The number of carbonyl (C=O) groups is 1. The van der Waals surface area contributed by atoms with Crippen LogP contribution in [0, 0.1) is 20.8 Å². The summed E-state index contributed by atoms with van der Waals surface area (Å²) in [4.78, 5) is 19.0. The number of hydrogen-bond donors (Lipinski definition) is 1. The molecule has 31 heavy (non-hydrogen) atoms. The molecule has 2 aromatic heterocycles. The molecule has 8 heteroatoms. The lowest BCUT2D eigenvalue weighted by molar-refractivity contribution is -0.121. The van der Waals surface area contributed by atoms with Crippen molar-refractivity contribution in [2.45, 2.75) is 53.0 Å². The maximum Gasteiger partial charge on any atom is 0.222 e. The van der Waals surface area contributed by atoms with Gasteiger partial charge in [0.15, 0.2) is 5.82 Å². The minimum Gasteiger partial charge on any atom is -0.356 e. The predicted octanol–water partition coefficient (Wildman–Crippen LogP) is 5.11. The third-order valence-corrected chi connectivity index (χ3v) is 7.03. The van der Waals surface area contributed by atoms with Gasteiger partial charge in [-0.3, -0.25) is 14.4 Å². The van der Waals surface area contributed by atoms with Gasteiger partial charge in [-0.1, -0.05) is 37.1 Å². The summed E-state index contributed by atoms with van der Waals surface area (Å²) >= 11 is 7.85. The van der Waals surface area contributed by atoms with Gasteiger partial charge in [-0.25, -0.2) is 0 Å². The molecule has 6 nitrogen and oxygen atoms in total. The molecule has 1 aliphatic rings. The summed E-state index contributed by atoms with van der Waals surface area (Å²) in [5.41, 5.74) is 4.09. The summed E-state index contributed by atoms with van der Waals surface area (Å²) in [6, 6.07) is 7.28. The molecule has 0 saturated heterocycles. The second-order valence-electron chi connectivity index (χ2n) is 7.81. The van der Waals surface area contributed by atoms with Crippen molar-refractivity contribution in [1.29, 1.82) is 0 Å².